The normalized spacial score (nSPS) is 36.1. The summed E-state index contributed by atoms with van der Waals surface area (Å²) in [4.78, 5) is 11.4. The zero-order valence-electron chi connectivity index (χ0n) is 9.01. The van der Waals surface area contributed by atoms with Crippen LogP contribution >= 0.6 is 0 Å². The molecule has 1 spiro atoms. The second kappa shape index (κ2) is 3.25. The molecule has 0 aliphatic heterocycles. The van der Waals surface area contributed by atoms with Gasteiger partial charge in [0.1, 0.15) is 0 Å². The molecule has 2 rings (SSSR count). The maximum atomic E-state index is 11.4. The third-order valence-corrected chi connectivity index (χ3v) is 4.79. The molecular weight excluding hydrogens is 176 g/mol. The van der Waals surface area contributed by atoms with Gasteiger partial charge >= 0.3 is 5.97 Å². The Morgan fingerprint density at radius 1 is 1.00 bits per heavy atom. The molecule has 2 heteroatoms. The second-order valence-corrected chi connectivity index (χ2v) is 5.33. The van der Waals surface area contributed by atoms with E-state index in [1.165, 1.54) is 19.3 Å². The molecular formula is C12H20O2. The van der Waals surface area contributed by atoms with Crippen LogP contribution in [-0.2, 0) is 4.79 Å². The summed E-state index contributed by atoms with van der Waals surface area (Å²) >= 11 is 0. The molecule has 0 radical (unpaired) electrons. The fourth-order valence-corrected chi connectivity index (χ4v) is 3.69. The van der Waals surface area contributed by atoms with E-state index in [4.69, 9.17) is 0 Å². The van der Waals surface area contributed by atoms with Crippen molar-refractivity contribution in [3.05, 3.63) is 0 Å². The molecule has 2 aliphatic carbocycles. The highest BCUT2D eigenvalue weighted by Crippen LogP contribution is 2.60. The lowest BCUT2D eigenvalue weighted by atomic mass is 9.60. The molecule has 2 nitrogen and oxygen atoms in total. The molecule has 0 aromatic carbocycles. The van der Waals surface area contributed by atoms with Gasteiger partial charge in [0.2, 0.25) is 0 Å². The van der Waals surface area contributed by atoms with Crippen LogP contribution in [0.5, 0.6) is 0 Å². The van der Waals surface area contributed by atoms with Gasteiger partial charge in [0.05, 0.1) is 5.41 Å². The Bertz CT molecular complexity index is 241. The van der Waals surface area contributed by atoms with Crippen LogP contribution in [-0.4, -0.2) is 11.1 Å². The van der Waals surface area contributed by atoms with Crippen molar-refractivity contribution < 1.29 is 9.90 Å². The Morgan fingerprint density at radius 3 is 2.14 bits per heavy atom. The topological polar surface area (TPSA) is 37.3 Å². The first-order valence-corrected chi connectivity index (χ1v) is 5.84. The van der Waals surface area contributed by atoms with Crippen LogP contribution in [0.2, 0.25) is 0 Å². The zero-order valence-corrected chi connectivity index (χ0v) is 9.01. The number of rotatable bonds is 1. The summed E-state index contributed by atoms with van der Waals surface area (Å²) in [5.74, 6) is -0.558. The van der Waals surface area contributed by atoms with E-state index in [-0.39, 0.29) is 5.41 Å². The lowest BCUT2D eigenvalue weighted by Gasteiger charge is -2.43. The molecule has 0 saturated heterocycles. The molecule has 1 atom stereocenters. The van der Waals surface area contributed by atoms with Gasteiger partial charge in [0.15, 0.2) is 0 Å². The van der Waals surface area contributed by atoms with Crippen molar-refractivity contribution in [1.29, 1.82) is 0 Å². The summed E-state index contributed by atoms with van der Waals surface area (Å²) in [7, 11) is 0. The van der Waals surface area contributed by atoms with Gasteiger partial charge in [-0.2, -0.15) is 0 Å². The van der Waals surface area contributed by atoms with Gasteiger partial charge in [-0.1, -0.05) is 25.7 Å². The van der Waals surface area contributed by atoms with E-state index < -0.39 is 11.4 Å². The smallest absolute Gasteiger partial charge is 0.309 e. The fourth-order valence-electron chi connectivity index (χ4n) is 3.69. The van der Waals surface area contributed by atoms with Gasteiger partial charge in [-0.05, 0) is 38.0 Å². The standard InChI is InChI=1S/C12H20O2/c1-11(10(13)14)6-5-9-12(11)7-3-2-4-8-12/h2-9H2,1H3,(H,13,14)/t11-/m0/s1. The maximum Gasteiger partial charge on any atom is 0.309 e. The predicted molar refractivity (Wildman–Crippen MR) is 55.1 cm³/mol. The number of hydrogen-bond acceptors (Lipinski definition) is 1. The molecule has 0 unspecified atom stereocenters. The van der Waals surface area contributed by atoms with Crippen molar-refractivity contribution in [1.82, 2.24) is 0 Å². The van der Waals surface area contributed by atoms with Gasteiger partial charge in [0.25, 0.3) is 0 Å². The molecule has 2 aliphatic rings. The molecule has 14 heavy (non-hydrogen) atoms. The largest absolute Gasteiger partial charge is 0.481 e. The van der Waals surface area contributed by atoms with Gasteiger partial charge in [-0.3, -0.25) is 4.79 Å². The third kappa shape index (κ3) is 1.19. The average Bonchev–Trinajstić information content (AvgIpc) is 2.47. The highest BCUT2D eigenvalue weighted by atomic mass is 16.4. The van der Waals surface area contributed by atoms with E-state index in [0.717, 1.165) is 32.1 Å². The van der Waals surface area contributed by atoms with Crippen LogP contribution in [0, 0.1) is 10.8 Å². The summed E-state index contributed by atoms with van der Waals surface area (Å²) in [6, 6.07) is 0. The summed E-state index contributed by atoms with van der Waals surface area (Å²) in [5, 5.41) is 9.39. The molecule has 0 aromatic rings. The lowest BCUT2D eigenvalue weighted by molar-refractivity contribution is -0.156. The van der Waals surface area contributed by atoms with Crippen LogP contribution in [0.4, 0.5) is 0 Å². The van der Waals surface area contributed by atoms with Crippen molar-refractivity contribution in [3.63, 3.8) is 0 Å². The van der Waals surface area contributed by atoms with Crippen molar-refractivity contribution in [2.24, 2.45) is 10.8 Å². The molecule has 0 aromatic heterocycles. The highest BCUT2D eigenvalue weighted by Gasteiger charge is 2.56. The number of hydrogen-bond donors (Lipinski definition) is 1. The van der Waals surface area contributed by atoms with Gasteiger partial charge in [0, 0.05) is 0 Å². The molecule has 0 bridgehead atoms. The third-order valence-electron chi connectivity index (χ3n) is 4.79. The predicted octanol–water partition coefficient (Wildman–Crippen LogP) is 3.21. The summed E-state index contributed by atoms with van der Waals surface area (Å²) in [6.45, 7) is 1.98. The summed E-state index contributed by atoms with van der Waals surface area (Å²) < 4.78 is 0. The number of aliphatic carboxylic acids is 1. The number of carboxylic acids is 1. The minimum atomic E-state index is -0.558. The first-order valence-electron chi connectivity index (χ1n) is 5.84. The highest BCUT2D eigenvalue weighted by molar-refractivity contribution is 5.75. The molecule has 0 amide bonds. The van der Waals surface area contributed by atoms with Crippen molar-refractivity contribution in [2.45, 2.75) is 58.3 Å². The van der Waals surface area contributed by atoms with Gasteiger partial charge in [-0.15, -0.1) is 0 Å². The van der Waals surface area contributed by atoms with Crippen molar-refractivity contribution in [3.8, 4) is 0 Å². The lowest BCUT2D eigenvalue weighted by Crippen LogP contribution is -2.42. The van der Waals surface area contributed by atoms with E-state index in [1.807, 2.05) is 6.92 Å². The van der Waals surface area contributed by atoms with E-state index in [0.29, 0.717) is 0 Å². The molecule has 1 N–H and O–H groups in total. The fraction of sp³-hybridized carbons (Fsp3) is 0.917. The van der Waals surface area contributed by atoms with Crippen LogP contribution in [0.15, 0.2) is 0 Å². The van der Waals surface area contributed by atoms with Crippen LogP contribution in [0.25, 0.3) is 0 Å². The summed E-state index contributed by atoms with van der Waals surface area (Å²) in [5.41, 5.74) is -0.273. The average molecular weight is 196 g/mol. The SMILES string of the molecule is C[C@@]1(C(=O)O)CCCC12CCCCC2. The Kier molecular flexibility index (Phi) is 2.32. The minimum absolute atomic E-state index is 0.150. The van der Waals surface area contributed by atoms with E-state index in [9.17, 15) is 9.90 Å². The van der Waals surface area contributed by atoms with Crippen molar-refractivity contribution in [2.75, 3.05) is 0 Å². The van der Waals surface area contributed by atoms with Crippen LogP contribution in [0.1, 0.15) is 58.3 Å². The Balaban J connectivity index is 2.27. The maximum absolute atomic E-state index is 11.4. The molecule has 2 saturated carbocycles. The number of carboxylic acid groups (broad SMARTS) is 1. The molecule has 0 heterocycles. The minimum Gasteiger partial charge on any atom is -0.481 e. The summed E-state index contributed by atoms with van der Waals surface area (Å²) in [6.07, 6.45) is 9.23. The van der Waals surface area contributed by atoms with Crippen molar-refractivity contribution >= 4 is 5.97 Å². The zero-order chi connectivity index (χ0) is 10.2. The van der Waals surface area contributed by atoms with E-state index in [2.05, 4.69) is 0 Å². The van der Waals surface area contributed by atoms with E-state index >= 15 is 0 Å². The Morgan fingerprint density at radius 2 is 1.57 bits per heavy atom. The van der Waals surface area contributed by atoms with E-state index in [1.54, 1.807) is 0 Å². The first-order chi connectivity index (χ1) is 6.61. The Hall–Kier alpha value is -0.530. The molecule has 80 valence electrons. The molecule has 2 fully saturated rings. The quantitative estimate of drug-likeness (QED) is 0.699. The number of carbonyl (C=O) groups is 1. The first kappa shape index (κ1) is 10.0. The monoisotopic (exact) mass is 196 g/mol. The van der Waals surface area contributed by atoms with Crippen LogP contribution < -0.4 is 0 Å². The second-order valence-electron chi connectivity index (χ2n) is 5.33. The van der Waals surface area contributed by atoms with Gasteiger partial charge in [-0.25, -0.2) is 0 Å². The van der Waals surface area contributed by atoms with Gasteiger partial charge < -0.3 is 5.11 Å². The van der Waals surface area contributed by atoms with Crippen LogP contribution in [0.3, 0.4) is 0 Å². The Labute approximate surface area is 85.7 Å².